The molecule has 58 heavy (non-hydrogen) atoms. The molecule has 2 aliphatic carbocycles. The van der Waals surface area contributed by atoms with Gasteiger partial charge in [-0.2, -0.15) is 0 Å². The first kappa shape index (κ1) is 40.6. The zero-order chi connectivity index (χ0) is 41.4. The Bertz CT molecular complexity index is 2480. The summed E-state index contributed by atoms with van der Waals surface area (Å²) in [7, 11) is -0.0709. The van der Waals surface area contributed by atoms with E-state index >= 15 is 0 Å². The number of allylic oxidation sites excluding steroid dienone is 1. The van der Waals surface area contributed by atoms with E-state index in [1.807, 2.05) is 0 Å². The molecule has 2 unspecified atom stereocenters. The maximum atomic E-state index is 6.14. The third kappa shape index (κ3) is 7.25. The van der Waals surface area contributed by atoms with Gasteiger partial charge in [0.25, 0.3) is 0 Å². The molecule has 0 amide bonds. The van der Waals surface area contributed by atoms with Gasteiger partial charge in [-0.25, -0.2) is 0 Å². The van der Waals surface area contributed by atoms with Gasteiger partial charge in [0.15, 0.2) is 0 Å². The van der Waals surface area contributed by atoms with Gasteiger partial charge >= 0.3 is 0 Å². The van der Waals surface area contributed by atoms with Crippen LogP contribution in [0.3, 0.4) is 0 Å². The summed E-state index contributed by atoms with van der Waals surface area (Å²) in [6.45, 7) is 26.9. The molecule has 2 aliphatic rings. The highest BCUT2D eigenvalue weighted by Gasteiger charge is 2.51. The quantitative estimate of drug-likeness (QED) is 0.0997. The van der Waals surface area contributed by atoms with Gasteiger partial charge in [-0.05, 0) is 119 Å². The molecular weight excluding hydrogens is 719 g/mol. The summed E-state index contributed by atoms with van der Waals surface area (Å²) in [4.78, 5) is 0. The van der Waals surface area contributed by atoms with Gasteiger partial charge < -0.3 is 9.30 Å². The molecule has 0 radical (unpaired) electrons. The second-order valence-electron chi connectivity index (χ2n) is 21.1. The minimum atomic E-state index is -2.27. The number of aromatic nitrogens is 1. The largest absolute Gasteiger partial charge is 0.376 e. The fraction of sp³-hybridized carbons (Fsp3) is 0.418. The normalized spacial score (nSPS) is 16.8. The van der Waals surface area contributed by atoms with Crippen LogP contribution in [0.5, 0.6) is 0 Å². The fourth-order valence-electron chi connectivity index (χ4n) is 10.7. The first-order valence-corrected chi connectivity index (χ1v) is 24.9. The molecule has 0 fully saturated rings. The molecule has 2 atom stereocenters. The lowest BCUT2D eigenvalue weighted by Gasteiger charge is -2.42. The standard InChI is InChI=1S/C55H67NOSi/c1-36-32-45-40(37-24-29-50-46(33-37)43-20-15-16-23-49(43)56(50)11)21-19-22-44(45)51(36)58(12,31-18-14-13-17-30-57-55(8,9)10)52-47-34-38(53(2,3)4)25-27-41(47)42-28-26-39(35-48(42)52)54(5,6)7/h15-16,19-29,32-35,51-52H,13-14,17-18,30-31H2,1-12H3. The van der Waals surface area contributed by atoms with Gasteiger partial charge in [0.1, 0.15) is 0 Å². The van der Waals surface area contributed by atoms with Gasteiger partial charge in [-0.3, -0.25) is 0 Å². The topological polar surface area (TPSA) is 14.2 Å². The Morgan fingerprint density at radius 3 is 1.84 bits per heavy atom. The van der Waals surface area contributed by atoms with Crippen molar-refractivity contribution >= 4 is 36.0 Å². The maximum Gasteiger partial charge on any atom is 0.0756 e. The summed E-state index contributed by atoms with van der Waals surface area (Å²) in [5.41, 5.74) is 19.7. The van der Waals surface area contributed by atoms with Crippen molar-refractivity contribution in [2.75, 3.05) is 6.61 Å². The Morgan fingerprint density at radius 1 is 0.586 bits per heavy atom. The van der Waals surface area contributed by atoms with Crippen LogP contribution >= 0.6 is 0 Å². The van der Waals surface area contributed by atoms with Crippen molar-refractivity contribution in [2.24, 2.45) is 7.05 Å². The summed E-state index contributed by atoms with van der Waals surface area (Å²) < 4.78 is 8.48. The number of rotatable bonds is 10. The third-order valence-corrected chi connectivity index (χ3v) is 19.2. The Kier molecular flexibility index (Phi) is 10.4. The van der Waals surface area contributed by atoms with Gasteiger partial charge in [-0.1, -0.05) is 164 Å². The van der Waals surface area contributed by atoms with Crippen molar-refractivity contribution < 1.29 is 4.74 Å². The van der Waals surface area contributed by atoms with Crippen LogP contribution < -0.4 is 0 Å². The Hall–Kier alpha value is -4.18. The van der Waals surface area contributed by atoms with Crippen molar-refractivity contribution in [3.8, 4) is 22.3 Å². The van der Waals surface area contributed by atoms with Crippen LogP contribution in [-0.4, -0.2) is 24.8 Å². The first-order valence-electron chi connectivity index (χ1n) is 22.1. The number of para-hydroxylation sites is 1. The zero-order valence-electron chi connectivity index (χ0n) is 37.6. The predicted octanol–water partition coefficient (Wildman–Crippen LogP) is 15.4. The summed E-state index contributed by atoms with van der Waals surface area (Å²) >= 11 is 0. The van der Waals surface area contributed by atoms with Crippen LogP contribution in [0.2, 0.25) is 12.6 Å². The molecule has 5 aromatic carbocycles. The minimum absolute atomic E-state index is 0.0772. The summed E-state index contributed by atoms with van der Waals surface area (Å²) in [6, 6.07) is 39.6. The van der Waals surface area contributed by atoms with E-state index in [-0.39, 0.29) is 16.4 Å². The number of hydrogen-bond acceptors (Lipinski definition) is 1. The summed E-state index contributed by atoms with van der Waals surface area (Å²) in [5.74, 6) is 0. The number of aryl methyl sites for hydroxylation is 1. The minimum Gasteiger partial charge on any atom is -0.376 e. The number of hydrogen-bond donors (Lipinski definition) is 0. The van der Waals surface area contributed by atoms with Crippen molar-refractivity contribution in [1.29, 1.82) is 0 Å². The van der Waals surface area contributed by atoms with E-state index in [2.05, 4.69) is 191 Å². The molecule has 6 aromatic rings. The van der Waals surface area contributed by atoms with E-state index < -0.39 is 8.07 Å². The van der Waals surface area contributed by atoms with Crippen LogP contribution in [0.15, 0.2) is 103 Å². The first-order chi connectivity index (χ1) is 27.4. The van der Waals surface area contributed by atoms with E-state index in [9.17, 15) is 0 Å². The Morgan fingerprint density at radius 2 is 1.21 bits per heavy atom. The average Bonchev–Trinajstić information content (AvgIpc) is 3.79. The van der Waals surface area contributed by atoms with Gasteiger partial charge in [-0.15, -0.1) is 0 Å². The molecule has 1 heterocycles. The molecule has 0 spiro atoms. The molecule has 1 aromatic heterocycles. The second kappa shape index (κ2) is 14.8. The van der Waals surface area contributed by atoms with E-state index in [4.69, 9.17) is 4.74 Å². The molecule has 0 saturated heterocycles. The van der Waals surface area contributed by atoms with Crippen molar-refractivity contribution in [3.63, 3.8) is 0 Å². The van der Waals surface area contributed by atoms with Crippen molar-refractivity contribution in [2.45, 2.75) is 135 Å². The molecule has 2 nitrogen and oxygen atoms in total. The smallest absolute Gasteiger partial charge is 0.0756 e. The lowest BCUT2D eigenvalue weighted by molar-refractivity contribution is -0.00471. The predicted molar refractivity (Wildman–Crippen MR) is 254 cm³/mol. The third-order valence-electron chi connectivity index (χ3n) is 13.7. The lowest BCUT2D eigenvalue weighted by Crippen LogP contribution is -2.45. The Labute approximate surface area is 350 Å². The van der Waals surface area contributed by atoms with Gasteiger partial charge in [0.2, 0.25) is 0 Å². The number of ether oxygens (including phenoxy) is 1. The van der Waals surface area contributed by atoms with Gasteiger partial charge in [0, 0.05) is 46.5 Å². The second-order valence-corrected chi connectivity index (χ2v) is 25.8. The maximum absolute atomic E-state index is 6.14. The SMILES string of the molecule is CC1=Cc2c(-c3ccc4c(c3)c3ccccc3n4C)cccc2C1[Si](C)(CCCCCCOC(C)(C)C)C1c2cc(C(C)(C)C)ccc2-c2ccc(C(C)(C)C)cc21. The number of unbranched alkanes of at least 4 members (excludes halogenated alkanes) is 3. The zero-order valence-corrected chi connectivity index (χ0v) is 38.6. The molecule has 3 heteroatoms. The molecule has 0 N–H and O–H groups in total. The molecule has 0 bridgehead atoms. The molecule has 0 aliphatic heterocycles. The van der Waals surface area contributed by atoms with Crippen molar-refractivity contribution in [1.82, 2.24) is 4.57 Å². The Balaban J connectivity index is 1.26. The highest BCUT2D eigenvalue weighted by atomic mass is 28.3. The number of benzene rings is 5. The molecule has 302 valence electrons. The van der Waals surface area contributed by atoms with Crippen LogP contribution in [0.1, 0.15) is 139 Å². The van der Waals surface area contributed by atoms with E-state index in [0.29, 0.717) is 11.1 Å². The average molecular weight is 786 g/mol. The van der Waals surface area contributed by atoms with Crippen LogP contribution in [-0.2, 0) is 22.6 Å². The monoisotopic (exact) mass is 785 g/mol. The highest BCUT2D eigenvalue weighted by molar-refractivity contribution is 6.83. The number of fused-ring (bicyclic) bond motifs is 7. The fourth-order valence-corrected chi connectivity index (χ4v) is 16.6. The van der Waals surface area contributed by atoms with Crippen LogP contribution in [0.25, 0.3) is 50.1 Å². The van der Waals surface area contributed by atoms with E-state index in [1.165, 1.54) is 86.1 Å². The summed E-state index contributed by atoms with van der Waals surface area (Å²) in [5, 5.41) is 2.66. The lowest BCUT2D eigenvalue weighted by atomic mass is 9.85. The van der Waals surface area contributed by atoms with Crippen LogP contribution in [0.4, 0.5) is 0 Å². The summed E-state index contributed by atoms with van der Waals surface area (Å²) in [6.07, 6.45) is 7.45. The molecule has 0 saturated carbocycles. The van der Waals surface area contributed by atoms with E-state index in [0.717, 1.165) is 13.0 Å². The molecular formula is C55H67NOSi. The van der Waals surface area contributed by atoms with E-state index in [1.54, 1.807) is 22.3 Å². The van der Waals surface area contributed by atoms with Crippen LogP contribution in [0, 0.1) is 0 Å². The molecule has 8 rings (SSSR count). The highest BCUT2D eigenvalue weighted by Crippen LogP contribution is 2.58. The van der Waals surface area contributed by atoms with Gasteiger partial charge in [0.05, 0.1) is 13.7 Å². The number of nitrogens with zero attached hydrogens (tertiary/aromatic N) is 1. The van der Waals surface area contributed by atoms with Crippen molar-refractivity contribution in [3.05, 3.63) is 136 Å².